The number of guanidine groups is 1. The lowest BCUT2D eigenvalue weighted by atomic mass is 10.1. The molecule has 1 rings (SSSR count). The van der Waals surface area contributed by atoms with Gasteiger partial charge >= 0.3 is 0 Å². The van der Waals surface area contributed by atoms with Gasteiger partial charge in [-0.3, -0.25) is 4.99 Å². The van der Waals surface area contributed by atoms with Crippen LogP contribution in [0.3, 0.4) is 0 Å². The average molecular weight is 435 g/mol. The third-order valence-electron chi connectivity index (χ3n) is 3.11. The summed E-state index contributed by atoms with van der Waals surface area (Å²) in [6, 6.07) is 6.11. The van der Waals surface area contributed by atoms with Crippen LogP contribution in [0.1, 0.15) is 32.8 Å². The van der Waals surface area contributed by atoms with Gasteiger partial charge in [-0.1, -0.05) is 6.07 Å². The van der Waals surface area contributed by atoms with E-state index in [2.05, 4.69) is 41.6 Å². The molecule has 1 aromatic carbocycles. The fourth-order valence-corrected chi connectivity index (χ4v) is 2.13. The molecule has 0 aromatic heterocycles. The number of nitrogens with one attached hydrogen (secondary N) is 2. The Morgan fingerprint density at radius 1 is 1.09 bits per heavy atom. The predicted molar refractivity (Wildman–Crippen MR) is 108 cm³/mol. The molecule has 0 bridgehead atoms. The van der Waals surface area contributed by atoms with Gasteiger partial charge < -0.3 is 20.1 Å². The van der Waals surface area contributed by atoms with Gasteiger partial charge in [0.1, 0.15) is 0 Å². The van der Waals surface area contributed by atoms with Crippen LogP contribution >= 0.6 is 24.0 Å². The summed E-state index contributed by atoms with van der Waals surface area (Å²) in [5.74, 6) is 2.48. The lowest BCUT2D eigenvalue weighted by Gasteiger charge is -2.11. The second-order valence-electron chi connectivity index (χ2n) is 4.81. The number of halogens is 1. The molecule has 6 heteroatoms. The van der Waals surface area contributed by atoms with Crippen LogP contribution in [0.25, 0.3) is 0 Å². The van der Waals surface area contributed by atoms with Crippen molar-refractivity contribution in [3.05, 3.63) is 23.8 Å². The molecule has 0 aliphatic carbocycles. The van der Waals surface area contributed by atoms with Crippen molar-refractivity contribution in [2.75, 3.05) is 33.4 Å². The Bertz CT molecular complexity index is 459. The molecule has 0 aliphatic rings. The van der Waals surface area contributed by atoms with Crippen molar-refractivity contribution in [3.8, 4) is 11.5 Å². The minimum absolute atomic E-state index is 0. The van der Waals surface area contributed by atoms with E-state index in [1.807, 2.05) is 13.0 Å². The highest BCUT2D eigenvalue weighted by atomic mass is 127. The Kier molecular flexibility index (Phi) is 12.6. The van der Waals surface area contributed by atoms with Crippen LogP contribution in [0.5, 0.6) is 11.5 Å². The van der Waals surface area contributed by atoms with Crippen LogP contribution in [-0.4, -0.2) is 39.3 Å². The summed E-state index contributed by atoms with van der Waals surface area (Å²) in [6.45, 7) is 9.30. The fourth-order valence-electron chi connectivity index (χ4n) is 2.13. The van der Waals surface area contributed by atoms with Gasteiger partial charge in [0, 0.05) is 19.6 Å². The summed E-state index contributed by atoms with van der Waals surface area (Å²) in [6.07, 6.45) is 1.97. The maximum absolute atomic E-state index is 5.60. The molecule has 0 radical (unpaired) electrons. The first kappa shape index (κ1) is 21.8. The number of hydrogen-bond donors (Lipinski definition) is 2. The molecule has 5 nitrogen and oxygen atoms in total. The SMILES string of the molecule is CCNC(=NCCCc1ccc(OC)c(OCC)c1)NCC.I. The number of hydrogen-bond acceptors (Lipinski definition) is 3. The molecule has 132 valence electrons. The van der Waals surface area contributed by atoms with Crippen LogP contribution in [0.15, 0.2) is 23.2 Å². The summed E-state index contributed by atoms with van der Waals surface area (Å²) >= 11 is 0. The fraction of sp³-hybridized carbons (Fsp3) is 0.588. The van der Waals surface area contributed by atoms with Gasteiger partial charge in [0.05, 0.1) is 13.7 Å². The second kappa shape index (κ2) is 13.3. The van der Waals surface area contributed by atoms with Crippen molar-refractivity contribution < 1.29 is 9.47 Å². The molecule has 1 aromatic rings. The van der Waals surface area contributed by atoms with Crippen molar-refractivity contribution in [2.45, 2.75) is 33.6 Å². The largest absolute Gasteiger partial charge is 0.493 e. The number of nitrogens with zero attached hydrogens (tertiary/aromatic N) is 1. The predicted octanol–water partition coefficient (Wildman–Crippen LogP) is 3.22. The van der Waals surface area contributed by atoms with E-state index in [-0.39, 0.29) is 24.0 Å². The molecule has 0 heterocycles. The number of aliphatic imine (C=N–C) groups is 1. The molecule has 0 fully saturated rings. The van der Waals surface area contributed by atoms with Gasteiger partial charge in [-0.05, 0) is 51.3 Å². The van der Waals surface area contributed by atoms with E-state index in [1.54, 1.807) is 7.11 Å². The van der Waals surface area contributed by atoms with Crippen molar-refractivity contribution in [3.63, 3.8) is 0 Å². The standard InChI is InChI=1S/C17H29N3O2.HI/c1-5-18-17(19-6-2)20-12-8-9-14-10-11-15(21-4)16(13-14)22-7-3;/h10-11,13H,5-9,12H2,1-4H3,(H2,18,19,20);1H. The van der Waals surface area contributed by atoms with E-state index in [0.29, 0.717) is 6.61 Å². The number of methoxy groups -OCH3 is 1. The Hall–Kier alpha value is -1.18. The van der Waals surface area contributed by atoms with Gasteiger partial charge in [0.15, 0.2) is 17.5 Å². The summed E-state index contributed by atoms with van der Waals surface area (Å²) in [5.41, 5.74) is 1.24. The maximum Gasteiger partial charge on any atom is 0.191 e. The molecular weight excluding hydrogens is 405 g/mol. The van der Waals surface area contributed by atoms with Gasteiger partial charge in [-0.2, -0.15) is 0 Å². The van der Waals surface area contributed by atoms with E-state index in [9.17, 15) is 0 Å². The van der Waals surface area contributed by atoms with Crippen molar-refractivity contribution in [2.24, 2.45) is 4.99 Å². The molecule has 0 atom stereocenters. The molecule has 2 N–H and O–H groups in total. The normalized spacial score (nSPS) is 9.57. The Labute approximate surface area is 157 Å². The first-order valence-electron chi connectivity index (χ1n) is 8.07. The van der Waals surface area contributed by atoms with E-state index in [4.69, 9.17) is 9.47 Å². The molecule has 0 saturated heterocycles. The Morgan fingerprint density at radius 3 is 2.35 bits per heavy atom. The summed E-state index contributed by atoms with van der Waals surface area (Å²) in [4.78, 5) is 4.55. The zero-order valence-corrected chi connectivity index (χ0v) is 17.0. The lowest BCUT2D eigenvalue weighted by Crippen LogP contribution is -2.37. The van der Waals surface area contributed by atoms with Gasteiger partial charge in [0.2, 0.25) is 0 Å². The lowest BCUT2D eigenvalue weighted by molar-refractivity contribution is 0.310. The van der Waals surface area contributed by atoms with Crippen LogP contribution in [-0.2, 0) is 6.42 Å². The smallest absolute Gasteiger partial charge is 0.191 e. The minimum atomic E-state index is 0. The van der Waals surface area contributed by atoms with Gasteiger partial charge in [0.25, 0.3) is 0 Å². The van der Waals surface area contributed by atoms with E-state index < -0.39 is 0 Å². The van der Waals surface area contributed by atoms with Crippen molar-refractivity contribution in [1.29, 1.82) is 0 Å². The first-order chi connectivity index (χ1) is 10.7. The average Bonchev–Trinajstić information content (AvgIpc) is 2.52. The van der Waals surface area contributed by atoms with Crippen molar-refractivity contribution in [1.82, 2.24) is 10.6 Å². The van der Waals surface area contributed by atoms with Gasteiger partial charge in [-0.25, -0.2) is 0 Å². The first-order valence-corrected chi connectivity index (χ1v) is 8.07. The highest BCUT2D eigenvalue weighted by Gasteiger charge is 2.05. The molecule has 23 heavy (non-hydrogen) atoms. The number of aryl methyl sites for hydroxylation is 1. The second-order valence-corrected chi connectivity index (χ2v) is 4.81. The number of ether oxygens (including phenoxy) is 2. The van der Waals surface area contributed by atoms with E-state index >= 15 is 0 Å². The highest BCUT2D eigenvalue weighted by molar-refractivity contribution is 14.0. The Morgan fingerprint density at radius 2 is 1.78 bits per heavy atom. The molecule has 0 unspecified atom stereocenters. The maximum atomic E-state index is 5.60. The van der Waals surface area contributed by atoms with E-state index in [0.717, 1.165) is 49.9 Å². The molecular formula is C17H30IN3O2. The van der Waals surface area contributed by atoms with Crippen LogP contribution in [0.2, 0.25) is 0 Å². The number of benzene rings is 1. The summed E-state index contributed by atoms with van der Waals surface area (Å²) in [5, 5.41) is 6.45. The Balaban J connectivity index is 0.00000484. The third kappa shape index (κ3) is 8.29. The monoisotopic (exact) mass is 435 g/mol. The number of rotatable bonds is 9. The molecule has 0 amide bonds. The highest BCUT2D eigenvalue weighted by Crippen LogP contribution is 2.28. The quantitative estimate of drug-likeness (QED) is 0.271. The van der Waals surface area contributed by atoms with Crippen LogP contribution < -0.4 is 20.1 Å². The van der Waals surface area contributed by atoms with Crippen LogP contribution in [0.4, 0.5) is 0 Å². The summed E-state index contributed by atoms with van der Waals surface area (Å²) < 4.78 is 10.9. The zero-order valence-electron chi connectivity index (χ0n) is 14.6. The van der Waals surface area contributed by atoms with Crippen LogP contribution in [0, 0.1) is 0 Å². The topological polar surface area (TPSA) is 54.9 Å². The summed E-state index contributed by atoms with van der Waals surface area (Å²) in [7, 11) is 1.66. The minimum Gasteiger partial charge on any atom is -0.493 e. The molecule has 0 saturated carbocycles. The van der Waals surface area contributed by atoms with Gasteiger partial charge in [-0.15, -0.1) is 24.0 Å². The van der Waals surface area contributed by atoms with E-state index in [1.165, 1.54) is 5.56 Å². The molecule has 0 spiro atoms. The van der Waals surface area contributed by atoms with Crippen molar-refractivity contribution >= 4 is 29.9 Å². The zero-order chi connectivity index (χ0) is 16.2. The third-order valence-corrected chi connectivity index (χ3v) is 3.11. The molecule has 0 aliphatic heterocycles.